The van der Waals surface area contributed by atoms with Gasteiger partial charge in [-0.05, 0) is 37.6 Å². The maximum absolute atomic E-state index is 5.73. The van der Waals surface area contributed by atoms with Gasteiger partial charge < -0.3 is 14.2 Å². The Hall–Kier alpha value is -1.90. The van der Waals surface area contributed by atoms with Crippen LogP contribution in [0.5, 0.6) is 11.5 Å². The van der Waals surface area contributed by atoms with Gasteiger partial charge >= 0.3 is 0 Å². The number of ether oxygens (including phenoxy) is 3. The Morgan fingerprint density at radius 3 is 2.94 bits per heavy atom. The highest BCUT2D eigenvalue weighted by molar-refractivity contribution is 5.45. The van der Waals surface area contributed by atoms with Gasteiger partial charge in [-0.25, -0.2) is 0 Å². The Balaban J connectivity index is 2.12. The zero-order chi connectivity index (χ0) is 12.3. The van der Waals surface area contributed by atoms with Crippen LogP contribution >= 0.6 is 0 Å². The highest BCUT2D eigenvalue weighted by Gasteiger charge is 2.16. The summed E-state index contributed by atoms with van der Waals surface area (Å²) in [5, 5.41) is 0. The predicted octanol–water partition coefficient (Wildman–Crippen LogP) is 3.58. The molecule has 1 atom stereocenters. The Kier molecular flexibility index (Phi) is 3.38. The molecule has 0 bridgehead atoms. The molecule has 3 nitrogen and oxygen atoms in total. The topological polar surface area (TPSA) is 27.7 Å². The van der Waals surface area contributed by atoms with Crippen LogP contribution in [0, 0.1) is 0 Å². The molecule has 0 aromatic heterocycles. The van der Waals surface area contributed by atoms with E-state index in [9.17, 15) is 0 Å². The van der Waals surface area contributed by atoms with E-state index < -0.39 is 0 Å². The summed E-state index contributed by atoms with van der Waals surface area (Å²) in [7, 11) is 0. The normalized spacial score (nSPS) is 15.5. The molecule has 0 amide bonds. The summed E-state index contributed by atoms with van der Waals surface area (Å²) in [6.07, 6.45) is 3.52. The van der Waals surface area contributed by atoms with Crippen molar-refractivity contribution < 1.29 is 14.2 Å². The summed E-state index contributed by atoms with van der Waals surface area (Å²) in [6, 6.07) is 5.84. The molecule has 0 N–H and O–H groups in total. The molecule has 1 aliphatic rings. The van der Waals surface area contributed by atoms with Gasteiger partial charge in [-0.15, -0.1) is 0 Å². The van der Waals surface area contributed by atoms with E-state index in [0.29, 0.717) is 6.79 Å². The van der Waals surface area contributed by atoms with Gasteiger partial charge in [0.15, 0.2) is 11.5 Å². The number of allylic oxidation sites excluding steroid dienone is 3. The third-order valence-electron chi connectivity index (χ3n) is 2.58. The Labute approximate surface area is 101 Å². The van der Waals surface area contributed by atoms with Crippen molar-refractivity contribution in [2.75, 3.05) is 6.79 Å². The van der Waals surface area contributed by atoms with Crippen molar-refractivity contribution in [3.63, 3.8) is 0 Å². The Bertz CT molecular complexity index is 449. The first kappa shape index (κ1) is 11.6. The molecule has 0 radical (unpaired) electrons. The number of fused-ring (bicyclic) bond motifs is 1. The molecule has 1 unspecified atom stereocenters. The van der Waals surface area contributed by atoms with E-state index in [1.807, 2.05) is 38.1 Å². The molecule has 2 rings (SSSR count). The molecular weight excluding hydrogens is 216 g/mol. The second-order valence-corrected chi connectivity index (χ2v) is 3.89. The monoisotopic (exact) mass is 232 g/mol. The molecule has 0 saturated carbocycles. The molecule has 0 spiro atoms. The lowest BCUT2D eigenvalue weighted by atomic mass is 10.1. The lowest BCUT2D eigenvalue weighted by molar-refractivity contribution is 0.134. The maximum Gasteiger partial charge on any atom is 0.231 e. The van der Waals surface area contributed by atoms with Crippen LogP contribution in [0.15, 0.2) is 42.7 Å². The van der Waals surface area contributed by atoms with Gasteiger partial charge in [0.1, 0.15) is 6.10 Å². The van der Waals surface area contributed by atoms with Crippen LogP contribution in [0.1, 0.15) is 25.5 Å². The average molecular weight is 232 g/mol. The van der Waals surface area contributed by atoms with Gasteiger partial charge in [0.2, 0.25) is 6.79 Å². The van der Waals surface area contributed by atoms with E-state index in [-0.39, 0.29) is 6.10 Å². The van der Waals surface area contributed by atoms with Crippen molar-refractivity contribution in [1.29, 1.82) is 0 Å². The van der Waals surface area contributed by atoms with Crippen molar-refractivity contribution in [2.24, 2.45) is 0 Å². The van der Waals surface area contributed by atoms with Crippen LogP contribution in [0.4, 0.5) is 0 Å². The molecule has 0 aliphatic carbocycles. The summed E-state index contributed by atoms with van der Waals surface area (Å²) in [5.74, 6) is 2.41. The molecule has 1 aromatic carbocycles. The van der Waals surface area contributed by atoms with Gasteiger partial charge in [0.05, 0.1) is 5.76 Å². The minimum Gasteiger partial charge on any atom is -0.491 e. The van der Waals surface area contributed by atoms with Gasteiger partial charge in [-0.1, -0.05) is 18.7 Å². The molecule has 1 aliphatic heterocycles. The second kappa shape index (κ2) is 4.95. The summed E-state index contributed by atoms with van der Waals surface area (Å²) in [4.78, 5) is 0. The summed E-state index contributed by atoms with van der Waals surface area (Å²) >= 11 is 0. The maximum atomic E-state index is 5.73. The first-order valence-electron chi connectivity index (χ1n) is 5.56. The van der Waals surface area contributed by atoms with Crippen LogP contribution in [0.3, 0.4) is 0 Å². The third kappa shape index (κ3) is 2.61. The van der Waals surface area contributed by atoms with E-state index in [0.717, 1.165) is 22.8 Å². The summed E-state index contributed by atoms with van der Waals surface area (Å²) in [6.45, 7) is 7.84. The molecule has 0 fully saturated rings. The fourth-order valence-electron chi connectivity index (χ4n) is 1.72. The zero-order valence-electron chi connectivity index (χ0n) is 10.1. The first-order valence-corrected chi connectivity index (χ1v) is 5.56. The van der Waals surface area contributed by atoms with Gasteiger partial charge in [-0.2, -0.15) is 0 Å². The summed E-state index contributed by atoms with van der Waals surface area (Å²) in [5.41, 5.74) is 1.06. The SMILES string of the molecule is C=C/C=C(\C)OC(C)c1ccc2c(c1)OCO2. The predicted molar refractivity (Wildman–Crippen MR) is 66.0 cm³/mol. The molecule has 90 valence electrons. The standard InChI is InChI=1S/C14H16O3/c1-4-5-10(2)17-11(3)12-6-7-13-14(8-12)16-9-15-13/h4-8,11H,1,9H2,2-3H3/b10-5+. The van der Waals surface area contributed by atoms with Crippen molar-refractivity contribution in [3.05, 3.63) is 48.3 Å². The molecule has 17 heavy (non-hydrogen) atoms. The van der Waals surface area contributed by atoms with Crippen molar-refractivity contribution in [3.8, 4) is 11.5 Å². The second-order valence-electron chi connectivity index (χ2n) is 3.89. The van der Waals surface area contributed by atoms with Crippen LogP contribution in [0.2, 0.25) is 0 Å². The fraction of sp³-hybridized carbons (Fsp3) is 0.286. The minimum absolute atomic E-state index is 0.0271. The Morgan fingerprint density at radius 1 is 1.41 bits per heavy atom. The molecular formula is C14H16O3. The van der Waals surface area contributed by atoms with E-state index in [4.69, 9.17) is 14.2 Å². The first-order chi connectivity index (χ1) is 8.20. The average Bonchev–Trinajstić information content (AvgIpc) is 2.75. The largest absolute Gasteiger partial charge is 0.491 e. The van der Waals surface area contributed by atoms with Crippen LogP contribution in [0.25, 0.3) is 0 Å². The van der Waals surface area contributed by atoms with Crippen LogP contribution < -0.4 is 9.47 Å². The molecule has 1 aromatic rings. The highest BCUT2D eigenvalue weighted by atomic mass is 16.7. The third-order valence-corrected chi connectivity index (χ3v) is 2.58. The number of benzene rings is 1. The van der Waals surface area contributed by atoms with Crippen molar-refractivity contribution in [2.45, 2.75) is 20.0 Å². The number of hydrogen-bond donors (Lipinski definition) is 0. The van der Waals surface area contributed by atoms with Crippen LogP contribution in [-0.2, 0) is 4.74 Å². The van der Waals surface area contributed by atoms with E-state index in [2.05, 4.69) is 6.58 Å². The quantitative estimate of drug-likeness (QED) is 0.586. The van der Waals surface area contributed by atoms with Gasteiger partial charge in [0, 0.05) is 0 Å². The van der Waals surface area contributed by atoms with Crippen LogP contribution in [-0.4, -0.2) is 6.79 Å². The fourth-order valence-corrected chi connectivity index (χ4v) is 1.72. The Morgan fingerprint density at radius 2 is 2.18 bits per heavy atom. The minimum atomic E-state index is -0.0271. The van der Waals surface area contributed by atoms with Gasteiger partial charge in [-0.3, -0.25) is 0 Å². The zero-order valence-corrected chi connectivity index (χ0v) is 10.1. The molecule has 1 heterocycles. The van der Waals surface area contributed by atoms with Crippen molar-refractivity contribution in [1.82, 2.24) is 0 Å². The molecule has 3 heteroatoms. The highest BCUT2D eigenvalue weighted by Crippen LogP contribution is 2.35. The lowest BCUT2D eigenvalue weighted by Gasteiger charge is -2.15. The van der Waals surface area contributed by atoms with Crippen molar-refractivity contribution >= 4 is 0 Å². The summed E-state index contributed by atoms with van der Waals surface area (Å²) < 4.78 is 16.3. The van der Waals surface area contributed by atoms with E-state index in [1.54, 1.807) is 6.08 Å². The van der Waals surface area contributed by atoms with E-state index in [1.165, 1.54) is 0 Å². The van der Waals surface area contributed by atoms with E-state index >= 15 is 0 Å². The lowest BCUT2D eigenvalue weighted by Crippen LogP contribution is -1.98. The molecule has 0 saturated heterocycles. The number of hydrogen-bond acceptors (Lipinski definition) is 3. The van der Waals surface area contributed by atoms with Gasteiger partial charge in [0.25, 0.3) is 0 Å². The number of rotatable bonds is 4. The smallest absolute Gasteiger partial charge is 0.231 e.